The van der Waals surface area contributed by atoms with E-state index in [9.17, 15) is 4.79 Å². The maximum Gasteiger partial charge on any atom is 0.252 e. The van der Waals surface area contributed by atoms with Crippen molar-refractivity contribution in [1.29, 1.82) is 0 Å². The molecular formula is C16H23N3O3. The Labute approximate surface area is 130 Å². The summed E-state index contributed by atoms with van der Waals surface area (Å²) in [6.07, 6.45) is 6.27. The molecule has 0 unspecified atom stereocenters. The third kappa shape index (κ3) is 2.89. The second kappa shape index (κ2) is 5.65. The molecule has 2 heterocycles. The molecule has 120 valence electrons. The quantitative estimate of drug-likeness (QED) is 0.807. The van der Waals surface area contributed by atoms with Gasteiger partial charge in [-0.1, -0.05) is 5.16 Å². The van der Waals surface area contributed by atoms with Gasteiger partial charge in [0.25, 0.3) is 5.91 Å². The minimum atomic E-state index is -0.379. The van der Waals surface area contributed by atoms with Gasteiger partial charge < -0.3 is 14.2 Å². The van der Waals surface area contributed by atoms with Crippen molar-refractivity contribution < 1.29 is 14.1 Å². The molecule has 2 aliphatic carbocycles. The number of amides is 1. The van der Waals surface area contributed by atoms with Crippen LogP contribution >= 0.6 is 0 Å². The van der Waals surface area contributed by atoms with Crippen molar-refractivity contribution in [2.45, 2.75) is 63.5 Å². The van der Waals surface area contributed by atoms with Crippen LogP contribution in [0.1, 0.15) is 69.1 Å². The first-order chi connectivity index (χ1) is 10.7. The van der Waals surface area contributed by atoms with Crippen LogP contribution < -0.4 is 0 Å². The summed E-state index contributed by atoms with van der Waals surface area (Å²) in [5.74, 6) is 2.59. The Hall–Kier alpha value is -1.43. The van der Waals surface area contributed by atoms with E-state index in [0.29, 0.717) is 24.3 Å². The number of nitrogens with zero attached hydrogens (tertiary/aromatic N) is 3. The molecule has 6 nitrogen and oxygen atoms in total. The highest BCUT2D eigenvalue weighted by atomic mass is 16.5. The second-order valence-corrected chi connectivity index (χ2v) is 6.87. The summed E-state index contributed by atoms with van der Waals surface area (Å²) in [5.41, 5.74) is 0. The molecule has 4 rings (SSSR count). The highest BCUT2D eigenvalue weighted by molar-refractivity contribution is 5.81. The van der Waals surface area contributed by atoms with Crippen molar-refractivity contribution in [2.75, 3.05) is 13.2 Å². The molecule has 1 aromatic rings. The SMILES string of the molecule is C[C@@H](OCC1CC1)C(=O)N1CCC[C@H]1c1noc(C2CC2)n1. The van der Waals surface area contributed by atoms with Gasteiger partial charge in [0.2, 0.25) is 5.89 Å². The van der Waals surface area contributed by atoms with Crippen molar-refractivity contribution in [3.8, 4) is 0 Å². The zero-order chi connectivity index (χ0) is 15.1. The molecule has 0 spiro atoms. The molecule has 22 heavy (non-hydrogen) atoms. The van der Waals surface area contributed by atoms with Crippen LogP contribution in [0.2, 0.25) is 0 Å². The monoisotopic (exact) mass is 305 g/mol. The van der Waals surface area contributed by atoms with Crippen LogP contribution in [0.25, 0.3) is 0 Å². The van der Waals surface area contributed by atoms with E-state index < -0.39 is 0 Å². The van der Waals surface area contributed by atoms with Crippen molar-refractivity contribution in [3.05, 3.63) is 11.7 Å². The van der Waals surface area contributed by atoms with Gasteiger partial charge in [-0.15, -0.1) is 0 Å². The molecule has 0 radical (unpaired) electrons. The topological polar surface area (TPSA) is 68.5 Å². The van der Waals surface area contributed by atoms with Crippen molar-refractivity contribution >= 4 is 5.91 Å². The van der Waals surface area contributed by atoms with Crippen molar-refractivity contribution in [3.63, 3.8) is 0 Å². The van der Waals surface area contributed by atoms with Crippen LogP contribution in [0.4, 0.5) is 0 Å². The molecule has 1 amide bonds. The predicted octanol–water partition coefficient (Wildman–Crippen LogP) is 2.43. The van der Waals surface area contributed by atoms with Gasteiger partial charge in [0.15, 0.2) is 5.82 Å². The van der Waals surface area contributed by atoms with E-state index >= 15 is 0 Å². The van der Waals surface area contributed by atoms with E-state index in [1.807, 2.05) is 11.8 Å². The summed E-state index contributed by atoms with van der Waals surface area (Å²) in [7, 11) is 0. The Morgan fingerprint density at radius 3 is 2.91 bits per heavy atom. The van der Waals surface area contributed by atoms with Gasteiger partial charge >= 0.3 is 0 Å². The summed E-state index contributed by atoms with van der Waals surface area (Å²) >= 11 is 0. The van der Waals surface area contributed by atoms with Gasteiger partial charge in [-0.25, -0.2) is 0 Å². The van der Waals surface area contributed by atoms with Gasteiger partial charge in [-0.2, -0.15) is 4.98 Å². The lowest BCUT2D eigenvalue weighted by Gasteiger charge is -2.25. The number of carbonyl (C=O) groups is 1. The van der Waals surface area contributed by atoms with Gasteiger partial charge in [0.1, 0.15) is 6.10 Å². The number of rotatable bonds is 6. The van der Waals surface area contributed by atoms with E-state index in [1.165, 1.54) is 12.8 Å². The number of ether oxygens (including phenoxy) is 1. The van der Waals surface area contributed by atoms with E-state index in [2.05, 4.69) is 10.1 Å². The highest BCUT2D eigenvalue weighted by Crippen LogP contribution is 2.40. The van der Waals surface area contributed by atoms with E-state index in [1.54, 1.807) is 0 Å². The average molecular weight is 305 g/mol. The lowest BCUT2D eigenvalue weighted by molar-refractivity contribution is -0.144. The molecule has 2 saturated carbocycles. The van der Waals surface area contributed by atoms with Crippen LogP contribution in [0.5, 0.6) is 0 Å². The maximum atomic E-state index is 12.6. The van der Waals surface area contributed by atoms with Gasteiger partial charge in [-0.3, -0.25) is 4.79 Å². The van der Waals surface area contributed by atoms with Gasteiger partial charge in [0.05, 0.1) is 12.6 Å². The number of hydrogen-bond acceptors (Lipinski definition) is 5. The van der Waals surface area contributed by atoms with Gasteiger partial charge in [0, 0.05) is 12.5 Å². The van der Waals surface area contributed by atoms with Crippen LogP contribution in [-0.4, -0.2) is 40.2 Å². The molecule has 3 fully saturated rings. The fourth-order valence-corrected chi connectivity index (χ4v) is 3.05. The molecule has 0 aromatic carbocycles. The number of carbonyl (C=O) groups excluding carboxylic acids is 1. The molecule has 1 saturated heterocycles. The number of hydrogen-bond donors (Lipinski definition) is 0. The minimum absolute atomic E-state index is 0.0456. The van der Waals surface area contributed by atoms with Crippen molar-refractivity contribution in [2.24, 2.45) is 5.92 Å². The fraction of sp³-hybridized carbons (Fsp3) is 0.812. The fourth-order valence-electron chi connectivity index (χ4n) is 3.05. The molecule has 1 aromatic heterocycles. The zero-order valence-electron chi connectivity index (χ0n) is 13.0. The predicted molar refractivity (Wildman–Crippen MR) is 78.1 cm³/mol. The molecule has 0 N–H and O–H groups in total. The molecule has 3 aliphatic rings. The maximum absolute atomic E-state index is 12.6. The zero-order valence-corrected chi connectivity index (χ0v) is 13.0. The lowest BCUT2D eigenvalue weighted by atomic mass is 10.2. The standard InChI is InChI=1S/C16H23N3O3/c1-10(21-9-11-4-5-11)16(20)19-8-2-3-13(19)14-17-15(22-18-14)12-6-7-12/h10-13H,2-9H2,1H3/t10-,13+/m1/s1. The van der Waals surface area contributed by atoms with Crippen LogP contribution in [0.3, 0.4) is 0 Å². The summed E-state index contributed by atoms with van der Waals surface area (Å²) in [5, 5.41) is 4.11. The summed E-state index contributed by atoms with van der Waals surface area (Å²) in [6.45, 7) is 3.32. The van der Waals surface area contributed by atoms with Crippen LogP contribution in [0.15, 0.2) is 4.52 Å². The normalized spacial score (nSPS) is 26.4. The Morgan fingerprint density at radius 2 is 2.18 bits per heavy atom. The van der Waals surface area contributed by atoms with E-state index in [0.717, 1.165) is 38.1 Å². The number of likely N-dealkylation sites (tertiary alicyclic amines) is 1. The Morgan fingerprint density at radius 1 is 1.36 bits per heavy atom. The minimum Gasteiger partial charge on any atom is -0.368 e. The van der Waals surface area contributed by atoms with Crippen LogP contribution in [0, 0.1) is 5.92 Å². The van der Waals surface area contributed by atoms with Crippen LogP contribution in [-0.2, 0) is 9.53 Å². The third-order valence-corrected chi connectivity index (χ3v) is 4.84. The number of aromatic nitrogens is 2. The highest BCUT2D eigenvalue weighted by Gasteiger charge is 2.37. The molecule has 2 atom stereocenters. The first-order valence-electron chi connectivity index (χ1n) is 8.48. The van der Waals surface area contributed by atoms with Gasteiger partial charge in [-0.05, 0) is 51.4 Å². The summed E-state index contributed by atoms with van der Waals surface area (Å²) in [6, 6.07) is -0.0456. The first-order valence-corrected chi connectivity index (χ1v) is 8.48. The first kappa shape index (κ1) is 14.2. The Balaban J connectivity index is 1.41. The lowest BCUT2D eigenvalue weighted by Crippen LogP contribution is -2.39. The Kier molecular flexibility index (Phi) is 3.64. The summed E-state index contributed by atoms with van der Waals surface area (Å²) in [4.78, 5) is 19.0. The van der Waals surface area contributed by atoms with Crippen molar-refractivity contribution in [1.82, 2.24) is 15.0 Å². The van der Waals surface area contributed by atoms with E-state index in [4.69, 9.17) is 9.26 Å². The summed E-state index contributed by atoms with van der Waals surface area (Å²) < 4.78 is 11.1. The molecule has 0 bridgehead atoms. The molecular weight excluding hydrogens is 282 g/mol. The van der Waals surface area contributed by atoms with E-state index in [-0.39, 0.29) is 18.1 Å². The smallest absolute Gasteiger partial charge is 0.252 e. The average Bonchev–Trinajstić information content (AvgIpc) is 3.44. The second-order valence-electron chi connectivity index (χ2n) is 6.87. The third-order valence-electron chi connectivity index (χ3n) is 4.84. The molecule has 6 heteroatoms. The molecule has 1 aliphatic heterocycles. The largest absolute Gasteiger partial charge is 0.368 e. The Bertz CT molecular complexity index is 551.